The lowest BCUT2D eigenvalue weighted by Crippen LogP contribution is -2.38. The fraction of sp³-hybridized carbons (Fsp3) is 0.414. The van der Waals surface area contributed by atoms with Crippen LogP contribution in [0.3, 0.4) is 0 Å². The van der Waals surface area contributed by atoms with Crippen LogP contribution in [0.5, 0.6) is 17.4 Å². The first kappa shape index (κ1) is 29.8. The molecule has 9 nitrogen and oxygen atoms in total. The lowest BCUT2D eigenvalue weighted by atomic mass is 10.0. The third-order valence-corrected chi connectivity index (χ3v) is 8.54. The summed E-state index contributed by atoms with van der Waals surface area (Å²) in [7, 11) is 6.52. The highest BCUT2D eigenvalue weighted by Gasteiger charge is 2.37. The zero-order valence-electron chi connectivity index (χ0n) is 23.6. The Hall–Kier alpha value is -3.68. The number of anilines is 1. The summed E-state index contributed by atoms with van der Waals surface area (Å²) in [5.74, 6) is 2.15. The Morgan fingerprint density at radius 2 is 1.76 bits per heavy atom. The highest BCUT2D eigenvalue weighted by molar-refractivity contribution is 7.18. The van der Waals surface area contributed by atoms with E-state index in [1.54, 1.807) is 20.4 Å². The molecule has 1 aliphatic rings. The van der Waals surface area contributed by atoms with Gasteiger partial charge in [0.25, 0.3) is 5.88 Å². The number of alkyl halides is 3. The minimum atomic E-state index is -4.30. The number of ether oxygens (including phenoxy) is 3. The van der Waals surface area contributed by atoms with Crippen LogP contribution in [-0.4, -0.2) is 72.8 Å². The fourth-order valence-electron chi connectivity index (χ4n) is 5.41. The zero-order valence-corrected chi connectivity index (χ0v) is 24.4. The van der Waals surface area contributed by atoms with Gasteiger partial charge in [0.1, 0.15) is 22.7 Å². The highest BCUT2D eigenvalue weighted by Crippen LogP contribution is 2.37. The van der Waals surface area contributed by atoms with Crippen LogP contribution >= 0.6 is 11.3 Å². The summed E-state index contributed by atoms with van der Waals surface area (Å²) < 4.78 is 55.2. The van der Waals surface area contributed by atoms with Crippen molar-refractivity contribution >= 4 is 27.4 Å². The van der Waals surface area contributed by atoms with Crippen LogP contribution in [0.1, 0.15) is 23.3 Å². The maximum Gasteiger partial charge on any atom is 0.393 e. The van der Waals surface area contributed by atoms with Gasteiger partial charge < -0.3 is 29.5 Å². The Bertz CT molecular complexity index is 1550. The molecule has 1 aromatic carbocycles. The lowest BCUT2D eigenvalue weighted by molar-refractivity contribution is -0.126. The molecule has 0 bridgehead atoms. The lowest BCUT2D eigenvalue weighted by Gasteiger charge is -2.28. The van der Waals surface area contributed by atoms with E-state index in [4.69, 9.17) is 14.2 Å². The number of thiophene rings is 1. The molecule has 4 aromatic rings. The SMILES string of the molecule is COc1cc(-c2cnc(OC)c(OC)c2)ccc1CN[C@H]1C[C@@H](O)[C@@H](N(C)c2ncnc3sc(CC(F)(F)F)cc23)C1. The minimum absolute atomic E-state index is 0.00692. The largest absolute Gasteiger partial charge is 0.496 e. The van der Waals surface area contributed by atoms with Crippen LogP contribution < -0.4 is 24.4 Å². The number of likely N-dealkylation sites (N-methyl/N-ethyl adjacent to an activating group) is 1. The number of benzene rings is 1. The number of fused-ring (bicyclic) bond motifs is 1. The van der Waals surface area contributed by atoms with E-state index in [-0.39, 0.29) is 17.0 Å². The number of nitrogens with zero attached hydrogens (tertiary/aromatic N) is 4. The average molecular weight is 604 g/mol. The van der Waals surface area contributed by atoms with Gasteiger partial charge in [0, 0.05) is 41.8 Å². The summed E-state index contributed by atoms with van der Waals surface area (Å²) >= 11 is 1.01. The Balaban J connectivity index is 1.27. The van der Waals surface area contributed by atoms with Gasteiger partial charge in [-0.3, -0.25) is 0 Å². The minimum Gasteiger partial charge on any atom is -0.496 e. The van der Waals surface area contributed by atoms with Gasteiger partial charge in [-0.25, -0.2) is 15.0 Å². The molecule has 0 saturated heterocycles. The maximum absolute atomic E-state index is 13.0. The number of halogens is 3. The molecule has 0 aliphatic heterocycles. The molecule has 3 aromatic heterocycles. The predicted octanol–water partition coefficient (Wildman–Crippen LogP) is 5.00. The Kier molecular flexibility index (Phi) is 8.71. The predicted molar refractivity (Wildman–Crippen MR) is 155 cm³/mol. The van der Waals surface area contributed by atoms with E-state index >= 15 is 0 Å². The van der Waals surface area contributed by atoms with E-state index in [1.165, 1.54) is 19.5 Å². The van der Waals surface area contributed by atoms with Crippen LogP contribution in [0.25, 0.3) is 21.3 Å². The molecule has 224 valence electrons. The van der Waals surface area contributed by atoms with Gasteiger partial charge in [0.05, 0.1) is 45.3 Å². The van der Waals surface area contributed by atoms with Crippen molar-refractivity contribution in [3.8, 4) is 28.5 Å². The molecule has 0 amide bonds. The second kappa shape index (κ2) is 12.3. The number of hydrogen-bond donors (Lipinski definition) is 2. The molecular formula is C29H32F3N5O4S. The van der Waals surface area contributed by atoms with Crippen LogP contribution in [0.2, 0.25) is 0 Å². The Morgan fingerprint density at radius 1 is 1.00 bits per heavy atom. The third kappa shape index (κ3) is 6.37. The second-order valence-electron chi connectivity index (χ2n) is 10.2. The highest BCUT2D eigenvalue weighted by atomic mass is 32.1. The van der Waals surface area contributed by atoms with Crippen molar-refractivity contribution in [3.63, 3.8) is 0 Å². The maximum atomic E-state index is 13.0. The van der Waals surface area contributed by atoms with Gasteiger partial charge in [-0.15, -0.1) is 11.3 Å². The first-order valence-corrected chi connectivity index (χ1v) is 14.1. The molecule has 3 heterocycles. The van der Waals surface area contributed by atoms with E-state index in [9.17, 15) is 18.3 Å². The van der Waals surface area contributed by atoms with Crippen molar-refractivity contribution in [2.45, 2.75) is 50.2 Å². The van der Waals surface area contributed by atoms with Crippen LogP contribution in [0, 0.1) is 0 Å². The molecule has 13 heteroatoms. The number of nitrogens with one attached hydrogen (secondary N) is 1. The molecule has 1 fully saturated rings. The molecule has 0 radical (unpaired) electrons. The molecular weight excluding hydrogens is 571 g/mol. The Labute approximate surface area is 245 Å². The van der Waals surface area contributed by atoms with E-state index in [0.29, 0.717) is 52.8 Å². The van der Waals surface area contributed by atoms with Crippen LogP contribution in [-0.2, 0) is 13.0 Å². The number of aliphatic hydroxyl groups is 1. The van der Waals surface area contributed by atoms with Crippen molar-refractivity contribution < 1.29 is 32.5 Å². The van der Waals surface area contributed by atoms with Gasteiger partial charge in [-0.05, 0) is 36.6 Å². The summed E-state index contributed by atoms with van der Waals surface area (Å²) in [6.07, 6.45) is -1.75. The normalized spacial score (nSPS) is 18.8. The first-order valence-electron chi connectivity index (χ1n) is 13.3. The zero-order chi connectivity index (χ0) is 30.0. The number of methoxy groups -OCH3 is 3. The van der Waals surface area contributed by atoms with E-state index in [1.807, 2.05) is 36.2 Å². The van der Waals surface area contributed by atoms with Gasteiger partial charge in [-0.2, -0.15) is 13.2 Å². The van der Waals surface area contributed by atoms with Gasteiger partial charge >= 0.3 is 6.18 Å². The van der Waals surface area contributed by atoms with Crippen molar-refractivity contribution in [2.75, 3.05) is 33.3 Å². The van der Waals surface area contributed by atoms with Crippen molar-refractivity contribution in [1.29, 1.82) is 0 Å². The van der Waals surface area contributed by atoms with Gasteiger partial charge in [-0.1, -0.05) is 12.1 Å². The summed E-state index contributed by atoms with van der Waals surface area (Å²) in [5.41, 5.74) is 2.71. The number of pyridine rings is 1. The molecule has 0 spiro atoms. The van der Waals surface area contributed by atoms with Crippen molar-refractivity contribution in [3.05, 3.63) is 53.3 Å². The van der Waals surface area contributed by atoms with Gasteiger partial charge in [0.15, 0.2) is 5.75 Å². The van der Waals surface area contributed by atoms with E-state index < -0.39 is 18.7 Å². The molecule has 1 saturated carbocycles. The first-order chi connectivity index (χ1) is 20.1. The van der Waals surface area contributed by atoms with Crippen molar-refractivity contribution in [1.82, 2.24) is 20.3 Å². The monoisotopic (exact) mass is 603 g/mol. The number of hydrogen-bond acceptors (Lipinski definition) is 10. The number of rotatable bonds is 10. The topological polar surface area (TPSA) is 102 Å². The molecule has 1 aliphatic carbocycles. The summed E-state index contributed by atoms with van der Waals surface area (Å²) in [6.45, 7) is 0.518. The smallest absolute Gasteiger partial charge is 0.393 e. The van der Waals surface area contributed by atoms with Crippen LogP contribution in [0.4, 0.5) is 19.0 Å². The second-order valence-corrected chi connectivity index (χ2v) is 11.3. The summed E-state index contributed by atoms with van der Waals surface area (Å²) in [4.78, 5) is 15.4. The number of aromatic nitrogens is 3. The summed E-state index contributed by atoms with van der Waals surface area (Å²) in [5, 5.41) is 15.0. The molecule has 3 atom stereocenters. The van der Waals surface area contributed by atoms with Crippen molar-refractivity contribution in [2.24, 2.45) is 0 Å². The molecule has 42 heavy (non-hydrogen) atoms. The molecule has 2 N–H and O–H groups in total. The Morgan fingerprint density at radius 3 is 2.48 bits per heavy atom. The standard InChI is InChI=1S/C29H32F3N5O4S/c1-37(26-21-11-20(12-29(30,31)32)42-28(21)36-15-35-26)22-9-19(10-23(22)38)33-13-17-6-5-16(7-24(17)39-2)18-8-25(40-3)27(41-4)34-14-18/h5-8,11,14-15,19,22-23,33,38H,9-10,12-13H2,1-4H3/t19-,22+,23-/m1/s1. The quantitative estimate of drug-likeness (QED) is 0.259. The van der Waals surface area contributed by atoms with Crippen LogP contribution in [0.15, 0.2) is 42.9 Å². The number of aliphatic hydroxyl groups excluding tert-OH is 1. The van der Waals surface area contributed by atoms with E-state index in [2.05, 4.69) is 20.3 Å². The van der Waals surface area contributed by atoms with E-state index in [0.717, 1.165) is 28.0 Å². The van der Waals surface area contributed by atoms with Gasteiger partial charge in [0.2, 0.25) is 0 Å². The molecule has 0 unspecified atom stereocenters. The summed E-state index contributed by atoms with van der Waals surface area (Å²) in [6, 6.07) is 9.00. The average Bonchev–Trinajstić information content (AvgIpc) is 3.56. The fourth-order valence-corrected chi connectivity index (χ4v) is 6.43. The third-order valence-electron chi connectivity index (χ3n) is 7.49. The molecule has 5 rings (SSSR count).